The van der Waals surface area contributed by atoms with Crippen LogP contribution < -0.4 is 15.5 Å². The number of carboxylic acid groups (broad SMARTS) is 1. The van der Waals surface area contributed by atoms with Gasteiger partial charge in [0.1, 0.15) is 5.54 Å². The summed E-state index contributed by atoms with van der Waals surface area (Å²) >= 11 is 6.20. The lowest BCUT2D eigenvalue weighted by Gasteiger charge is -2.37. The zero-order chi connectivity index (χ0) is 19.6. The van der Waals surface area contributed by atoms with Crippen LogP contribution in [0.4, 0.5) is 10.5 Å². The van der Waals surface area contributed by atoms with E-state index in [-0.39, 0.29) is 11.6 Å². The molecule has 2 fully saturated rings. The van der Waals surface area contributed by atoms with Crippen LogP contribution >= 0.6 is 11.6 Å². The molecule has 27 heavy (non-hydrogen) atoms. The summed E-state index contributed by atoms with van der Waals surface area (Å²) in [5, 5.41) is 15.5. The molecular weight excluding hydrogens is 370 g/mol. The van der Waals surface area contributed by atoms with Crippen LogP contribution in [0.2, 0.25) is 5.02 Å². The number of urea groups is 1. The smallest absolute Gasteiger partial charge is 0.329 e. The van der Waals surface area contributed by atoms with E-state index in [1.165, 1.54) is 11.0 Å². The van der Waals surface area contributed by atoms with Crippen molar-refractivity contribution in [3.63, 3.8) is 0 Å². The Bertz CT molecular complexity index is 759. The lowest BCUT2D eigenvalue weighted by atomic mass is 9.75. The van der Waals surface area contributed by atoms with Crippen molar-refractivity contribution in [2.24, 2.45) is 5.92 Å². The molecule has 3 amide bonds. The Kier molecular flexibility index (Phi) is 5.60. The van der Waals surface area contributed by atoms with Gasteiger partial charge in [-0.2, -0.15) is 0 Å². The monoisotopic (exact) mass is 393 g/mol. The number of amides is 3. The molecule has 0 spiro atoms. The Morgan fingerprint density at radius 2 is 2.07 bits per heavy atom. The molecule has 8 heteroatoms. The highest BCUT2D eigenvalue weighted by Crippen LogP contribution is 2.35. The van der Waals surface area contributed by atoms with Crippen LogP contribution in [0.5, 0.6) is 0 Å². The van der Waals surface area contributed by atoms with Crippen LogP contribution in [0.15, 0.2) is 18.2 Å². The molecule has 0 atom stereocenters. The molecule has 1 aromatic carbocycles. The molecule has 0 aromatic heterocycles. The van der Waals surface area contributed by atoms with Crippen LogP contribution in [0.1, 0.15) is 49.4 Å². The minimum Gasteiger partial charge on any atom is -0.480 e. The predicted molar refractivity (Wildman–Crippen MR) is 102 cm³/mol. The minimum absolute atomic E-state index is 0.269. The van der Waals surface area contributed by atoms with Crippen molar-refractivity contribution in [1.82, 2.24) is 10.6 Å². The van der Waals surface area contributed by atoms with Gasteiger partial charge in [-0.15, -0.1) is 0 Å². The number of benzene rings is 1. The zero-order valence-corrected chi connectivity index (χ0v) is 16.0. The number of hydrogen-bond acceptors (Lipinski definition) is 3. The van der Waals surface area contributed by atoms with Crippen LogP contribution in [0.25, 0.3) is 0 Å². The van der Waals surface area contributed by atoms with Crippen molar-refractivity contribution in [2.45, 2.75) is 44.6 Å². The Morgan fingerprint density at radius 1 is 1.37 bits per heavy atom. The quantitative estimate of drug-likeness (QED) is 0.716. The number of carbonyl (C=O) groups excluding carboxylic acids is 2. The predicted octanol–water partition coefficient (Wildman–Crippen LogP) is 3.02. The number of carbonyl (C=O) groups is 3. The van der Waals surface area contributed by atoms with Gasteiger partial charge >= 0.3 is 12.0 Å². The number of rotatable bonds is 5. The average Bonchev–Trinajstić information content (AvgIpc) is 3.08. The highest BCUT2D eigenvalue weighted by Gasteiger charge is 2.43. The van der Waals surface area contributed by atoms with Crippen LogP contribution in [0.3, 0.4) is 0 Å². The third kappa shape index (κ3) is 3.88. The number of carboxylic acids is 1. The fraction of sp³-hybridized carbons (Fsp3) is 0.526. The number of hydrogen-bond donors (Lipinski definition) is 3. The van der Waals surface area contributed by atoms with Gasteiger partial charge in [-0.25, -0.2) is 9.59 Å². The first-order valence-corrected chi connectivity index (χ1v) is 9.65. The molecule has 1 aliphatic heterocycles. The highest BCUT2D eigenvalue weighted by atomic mass is 35.5. The van der Waals surface area contributed by atoms with E-state index in [4.69, 9.17) is 11.6 Å². The Morgan fingerprint density at radius 3 is 2.63 bits per heavy atom. The second-order valence-electron chi connectivity index (χ2n) is 7.24. The van der Waals surface area contributed by atoms with Gasteiger partial charge in [0.25, 0.3) is 5.91 Å². The first kappa shape index (κ1) is 19.5. The molecule has 3 rings (SSSR count). The molecule has 1 saturated carbocycles. The summed E-state index contributed by atoms with van der Waals surface area (Å²) in [6, 6.07) is 4.37. The lowest BCUT2D eigenvalue weighted by molar-refractivity contribution is -0.146. The minimum atomic E-state index is -1.24. The summed E-state index contributed by atoms with van der Waals surface area (Å²) in [7, 11) is 0. The van der Waals surface area contributed by atoms with Gasteiger partial charge in [0.15, 0.2) is 0 Å². The van der Waals surface area contributed by atoms with Crippen molar-refractivity contribution >= 4 is 35.2 Å². The van der Waals surface area contributed by atoms with E-state index in [1.807, 2.05) is 0 Å². The molecular formula is C19H24ClN3O4. The van der Waals surface area contributed by atoms with E-state index >= 15 is 0 Å². The lowest BCUT2D eigenvalue weighted by Crippen LogP contribution is -2.56. The zero-order valence-electron chi connectivity index (χ0n) is 15.3. The Labute approximate surface area is 163 Å². The van der Waals surface area contributed by atoms with E-state index in [0.29, 0.717) is 42.6 Å². The van der Waals surface area contributed by atoms with Gasteiger partial charge in [0, 0.05) is 18.7 Å². The maximum absolute atomic E-state index is 12.8. The molecule has 2 aliphatic rings. The maximum atomic E-state index is 12.8. The van der Waals surface area contributed by atoms with Crippen LogP contribution in [-0.4, -0.2) is 41.6 Å². The van der Waals surface area contributed by atoms with Crippen LogP contribution in [0, 0.1) is 5.92 Å². The number of nitrogens with zero attached hydrogens (tertiary/aromatic N) is 1. The number of halogens is 1. The largest absolute Gasteiger partial charge is 0.480 e. The molecule has 1 saturated heterocycles. The number of anilines is 1. The Balaban J connectivity index is 1.81. The molecule has 3 N–H and O–H groups in total. The second kappa shape index (κ2) is 7.76. The fourth-order valence-electron chi connectivity index (χ4n) is 3.82. The summed E-state index contributed by atoms with van der Waals surface area (Å²) in [4.78, 5) is 38.1. The van der Waals surface area contributed by atoms with Gasteiger partial charge in [-0.05, 0) is 49.8 Å². The maximum Gasteiger partial charge on any atom is 0.329 e. The second-order valence-corrected chi connectivity index (χ2v) is 7.65. The van der Waals surface area contributed by atoms with Crippen molar-refractivity contribution in [3.05, 3.63) is 28.8 Å². The standard InChI is InChI=1S/C19H24ClN3O4/c1-2-12-5-7-19(8-6-12,17(25)26)22-16(24)13-3-4-14(20)15(11-13)23-10-9-21-18(23)27/h3-4,11-12H,2,5-10H2,1H3,(H,21,27)(H,22,24)(H,25,26). The third-order valence-corrected chi connectivity index (χ3v) is 5.97. The topological polar surface area (TPSA) is 98.7 Å². The summed E-state index contributed by atoms with van der Waals surface area (Å²) in [5.41, 5.74) is -0.515. The van der Waals surface area contributed by atoms with Gasteiger partial charge < -0.3 is 15.7 Å². The SMILES string of the molecule is CCC1CCC(NC(=O)c2ccc(Cl)c(N3CCNC3=O)c2)(C(=O)O)CC1. The Hall–Kier alpha value is -2.28. The summed E-state index contributed by atoms with van der Waals surface area (Å²) in [5.74, 6) is -0.964. The van der Waals surface area contributed by atoms with E-state index in [0.717, 1.165) is 19.3 Å². The van der Waals surface area contributed by atoms with Crippen LogP contribution in [-0.2, 0) is 4.79 Å². The van der Waals surface area contributed by atoms with Crippen molar-refractivity contribution < 1.29 is 19.5 Å². The van der Waals surface area contributed by atoms with Crippen molar-refractivity contribution in [3.8, 4) is 0 Å². The van der Waals surface area contributed by atoms with E-state index < -0.39 is 17.4 Å². The van der Waals surface area contributed by atoms with E-state index in [1.54, 1.807) is 12.1 Å². The normalized spacial score (nSPS) is 25.2. The van der Waals surface area contributed by atoms with Crippen molar-refractivity contribution in [1.29, 1.82) is 0 Å². The molecule has 0 bridgehead atoms. The highest BCUT2D eigenvalue weighted by molar-refractivity contribution is 6.34. The average molecular weight is 394 g/mol. The molecule has 1 aromatic rings. The first-order valence-electron chi connectivity index (χ1n) is 9.27. The number of nitrogens with one attached hydrogen (secondary N) is 2. The fourth-order valence-corrected chi connectivity index (χ4v) is 4.04. The van der Waals surface area contributed by atoms with Crippen molar-refractivity contribution in [2.75, 3.05) is 18.0 Å². The molecule has 0 radical (unpaired) electrons. The van der Waals surface area contributed by atoms with Gasteiger partial charge in [-0.3, -0.25) is 9.69 Å². The van der Waals surface area contributed by atoms with E-state index in [9.17, 15) is 19.5 Å². The summed E-state index contributed by atoms with van der Waals surface area (Å²) in [6.07, 6.45) is 3.41. The molecule has 1 heterocycles. The first-order chi connectivity index (χ1) is 12.9. The number of aliphatic carboxylic acids is 1. The molecule has 0 unspecified atom stereocenters. The van der Waals surface area contributed by atoms with Gasteiger partial charge in [0.05, 0.1) is 10.7 Å². The van der Waals surface area contributed by atoms with Gasteiger partial charge in [0.2, 0.25) is 0 Å². The van der Waals surface area contributed by atoms with Gasteiger partial charge in [-0.1, -0.05) is 24.9 Å². The summed E-state index contributed by atoms with van der Waals surface area (Å²) in [6.45, 7) is 3.06. The third-order valence-electron chi connectivity index (χ3n) is 5.65. The molecule has 1 aliphatic carbocycles. The summed E-state index contributed by atoms with van der Waals surface area (Å²) < 4.78 is 0. The van der Waals surface area contributed by atoms with E-state index in [2.05, 4.69) is 17.6 Å². The molecule has 146 valence electrons. The molecule has 7 nitrogen and oxygen atoms in total.